The third kappa shape index (κ3) is 3.63. The Bertz CT molecular complexity index is 551. The molecule has 0 N–H and O–H groups in total. The number of benzene rings is 1. The van der Waals surface area contributed by atoms with Crippen LogP contribution in [0.25, 0.3) is 0 Å². The molecule has 114 valence electrons. The SMILES string of the molecule is CCCc1cc(C(C)(C)C)ccc1S(=O)(=O)C(C)CC. The normalized spacial score (nSPS) is 14.3. The van der Waals surface area contributed by atoms with Gasteiger partial charge in [-0.1, -0.05) is 53.2 Å². The van der Waals surface area contributed by atoms with Crippen molar-refractivity contribution in [2.75, 3.05) is 0 Å². The molecule has 1 atom stereocenters. The van der Waals surface area contributed by atoms with Gasteiger partial charge < -0.3 is 0 Å². The van der Waals surface area contributed by atoms with E-state index in [0.717, 1.165) is 18.4 Å². The van der Waals surface area contributed by atoms with E-state index in [2.05, 4.69) is 33.8 Å². The molecule has 3 heteroatoms. The van der Waals surface area contributed by atoms with Crippen molar-refractivity contribution in [3.63, 3.8) is 0 Å². The van der Waals surface area contributed by atoms with Crippen molar-refractivity contribution in [3.8, 4) is 0 Å². The van der Waals surface area contributed by atoms with Crippen LogP contribution in [0.5, 0.6) is 0 Å². The van der Waals surface area contributed by atoms with Crippen LogP contribution in [0.4, 0.5) is 0 Å². The molecule has 0 aliphatic heterocycles. The van der Waals surface area contributed by atoms with Gasteiger partial charge in [0.25, 0.3) is 0 Å². The first-order valence-corrected chi connectivity index (χ1v) is 9.06. The van der Waals surface area contributed by atoms with Gasteiger partial charge in [0.15, 0.2) is 9.84 Å². The van der Waals surface area contributed by atoms with Crippen molar-refractivity contribution in [2.24, 2.45) is 0 Å². The molecule has 0 heterocycles. The molecule has 0 aliphatic carbocycles. The largest absolute Gasteiger partial charge is 0.223 e. The Labute approximate surface area is 124 Å². The Balaban J connectivity index is 3.41. The van der Waals surface area contributed by atoms with E-state index in [1.54, 1.807) is 6.92 Å². The van der Waals surface area contributed by atoms with Crippen molar-refractivity contribution in [1.82, 2.24) is 0 Å². The number of rotatable bonds is 5. The highest BCUT2D eigenvalue weighted by molar-refractivity contribution is 7.92. The van der Waals surface area contributed by atoms with Crippen molar-refractivity contribution in [3.05, 3.63) is 29.3 Å². The molecule has 0 saturated carbocycles. The summed E-state index contributed by atoms with van der Waals surface area (Å²) in [4.78, 5) is 0.529. The minimum Gasteiger partial charge on any atom is -0.223 e. The van der Waals surface area contributed by atoms with Crippen LogP contribution in [0.15, 0.2) is 23.1 Å². The number of hydrogen-bond donors (Lipinski definition) is 0. The monoisotopic (exact) mass is 296 g/mol. The summed E-state index contributed by atoms with van der Waals surface area (Å²) in [6.07, 6.45) is 2.42. The molecule has 1 aromatic carbocycles. The molecule has 0 bridgehead atoms. The number of hydrogen-bond acceptors (Lipinski definition) is 2. The van der Waals surface area contributed by atoms with Gasteiger partial charge in [-0.05, 0) is 42.4 Å². The van der Waals surface area contributed by atoms with E-state index in [9.17, 15) is 8.42 Å². The zero-order valence-corrected chi connectivity index (χ0v) is 14.5. The summed E-state index contributed by atoms with van der Waals surface area (Å²) in [5.41, 5.74) is 2.21. The second kappa shape index (κ2) is 6.30. The van der Waals surface area contributed by atoms with Crippen LogP contribution in [-0.4, -0.2) is 13.7 Å². The number of aryl methyl sites for hydroxylation is 1. The first-order valence-electron chi connectivity index (χ1n) is 7.51. The highest BCUT2D eigenvalue weighted by atomic mass is 32.2. The van der Waals surface area contributed by atoms with Crippen LogP contribution < -0.4 is 0 Å². The molecule has 0 spiro atoms. The zero-order chi connectivity index (χ0) is 15.6. The van der Waals surface area contributed by atoms with Crippen molar-refractivity contribution in [1.29, 1.82) is 0 Å². The summed E-state index contributed by atoms with van der Waals surface area (Å²) in [7, 11) is -3.20. The minimum atomic E-state index is -3.20. The Morgan fingerprint density at radius 3 is 2.20 bits per heavy atom. The minimum absolute atomic E-state index is 0.0428. The predicted octanol–water partition coefficient (Wildman–Crippen LogP) is 4.51. The summed E-state index contributed by atoms with van der Waals surface area (Å²) in [5, 5.41) is -0.321. The van der Waals surface area contributed by atoms with Crippen LogP contribution in [0.2, 0.25) is 0 Å². The van der Waals surface area contributed by atoms with Crippen LogP contribution >= 0.6 is 0 Å². The molecule has 1 unspecified atom stereocenters. The van der Waals surface area contributed by atoms with Gasteiger partial charge in [-0.25, -0.2) is 8.42 Å². The summed E-state index contributed by atoms with van der Waals surface area (Å²) in [6.45, 7) is 12.3. The molecular weight excluding hydrogens is 268 g/mol. The summed E-state index contributed by atoms with van der Waals surface area (Å²) in [6, 6.07) is 5.86. The fourth-order valence-electron chi connectivity index (χ4n) is 2.22. The van der Waals surface area contributed by atoms with Crippen molar-refractivity contribution >= 4 is 9.84 Å². The first kappa shape index (κ1) is 17.2. The van der Waals surface area contributed by atoms with Crippen molar-refractivity contribution in [2.45, 2.75) is 76.4 Å². The molecule has 1 aromatic rings. The molecule has 0 fully saturated rings. The molecule has 20 heavy (non-hydrogen) atoms. The molecule has 2 nitrogen and oxygen atoms in total. The van der Waals surface area contributed by atoms with E-state index >= 15 is 0 Å². The first-order chi connectivity index (χ1) is 9.14. The average molecular weight is 296 g/mol. The van der Waals surface area contributed by atoms with Gasteiger partial charge in [0, 0.05) is 0 Å². The second-order valence-corrected chi connectivity index (χ2v) is 8.92. The van der Waals surface area contributed by atoms with Crippen LogP contribution in [0.3, 0.4) is 0 Å². The lowest BCUT2D eigenvalue weighted by atomic mass is 9.86. The standard InChI is InChI=1S/C17H28O2S/c1-7-9-14-12-15(17(4,5)6)10-11-16(14)20(18,19)13(3)8-2/h10-13H,7-9H2,1-6H3. The van der Waals surface area contributed by atoms with E-state index in [0.29, 0.717) is 11.3 Å². The van der Waals surface area contributed by atoms with E-state index in [1.807, 2.05) is 19.1 Å². The fourth-order valence-corrected chi connectivity index (χ4v) is 3.88. The third-order valence-electron chi connectivity index (χ3n) is 3.86. The molecule has 0 aliphatic rings. The van der Waals surface area contributed by atoms with Crippen LogP contribution in [0, 0.1) is 0 Å². The lowest BCUT2D eigenvalue weighted by molar-refractivity contribution is 0.575. The summed E-state index contributed by atoms with van der Waals surface area (Å²) in [5.74, 6) is 0. The van der Waals surface area contributed by atoms with Gasteiger partial charge in [-0.15, -0.1) is 0 Å². The highest BCUT2D eigenvalue weighted by Gasteiger charge is 2.25. The van der Waals surface area contributed by atoms with Gasteiger partial charge in [0.2, 0.25) is 0 Å². The highest BCUT2D eigenvalue weighted by Crippen LogP contribution is 2.29. The predicted molar refractivity (Wildman–Crippen MR) is 86.1 cm³/mol. The smallest absolute Gasteiger partial charge is 0.181 e. The van der Waals surface area contributed by atoms with E-state index in [4.69, 9.17) is 0 Å². The third-order valence-corrected chi connectivity index (χ3v) is 6.26. The van der Waals surface area contributed by atoms with Crippen molar-refractivity contribution < 1.29 is 8.42 Å². The maximum absolute atomic E-state index is 12.6. The quantitative estimate of drug-likeness (QED) is 0.801. The van der Waals surface area contributed by atoms with Gasteiger partial charge in [0.05, 0.1) is 10.1 Å². The van der Waals surface area contributed by atoms with Crippen LogP contribution in [0.1, 0.15) is 65.5 Å². The maximum Gasteiger partial charge on any atom is 0.181 e. The van der Waals surface area contributed by atoms with Crippen LogP contribution in [-0.2, 0) is 21.7 Å². The lowest BCUT2D eigenvalue weighted by Crippen LogP contribution is -2.20. The topological polar surface area (TPSA) is 34.1 Å². The molecule has 0 amide bonds. The Hall–Kier alpha value is -0.830. The van der Waals surface area contributed by atoms with E-state index in [1.165, 1.54) is 5.56 Å². The molecule has 0 aromatic heterocycles. The van der Waals surface area contributed by atoms with Gasteiger partial charge in [0.1, 0.15) is 0 Å². The van der Waals surface area contributed by atoms with Gasteiger partial charge in [-0.2, -0.15) is 0 Å². The van der Waals surface area contributed by atoms with Gasteiger partial charge >= 0.3 is 0 Å². The second-order valence-electron chi connectivity index (χ2n) is 6.59. The lowest BCUT2D eigenvalue weighted by Gasteiger charge is -2.22. The number of sulfone groups is 1. The molecular formula is C17H28O2S. The maximum atomic E-state index is 12.6. The Kier molecular flexibility index (Phi) is 5.42. The van der Waals surface area contributed by atoms with Gasteiger partial charge in [-0.3, -0.25) is 0 Å². The Morgan fingerprint density at radius 2 is 1.75 bits per heavy atom. The summed E-state index contributed by atoms with van der Waals surface area (Å²) < 4.78 is 25.2. The zero-order valence-electron chi connectivity index (χ0n) is 13.7. The van der Waals surface area contributed by atoms with E-state index < -0.39 is 9.84 Å². The van der Waals surface area contributed by atoms with E-state index in [-0.39, 0.29) is 10.7 Å². The fraction of sp³-hybridized carbons (Fsp3) is 0.647. The molecule has 0 saturated heterocycles. The molecule has 0 radical (unpaired) electrons. The Morgan fingerprint density at radius 1 is 1.15 bits per heavy atom. The molecule has 1 rings (SSSR count). The summed E-state index contributed by atoms with van der Waals surface area (Å²) >= 11 is 0. The average Bonchev–Trinajstić information content (AvgIpc) is 2.36.